The van der Waals surface area contributed by atoms with Gasteiger partial charge >= 0.3 is 0 Å². The Bertz CT molecular complexity index is 469. The molecule has 2 rings (SSSR count). The molecule has 0 unspecified atom stereocenters. The third-order valence-corrected chi connectivity index (χ3v) is 2.56. The first-order valence-electron chi connectivity index (χ1n) is 6.43. The van der Waals surface area contributed by atoms with Crippen molar-refractivity contribution in [2.24, 2.45) is 0 Å². The van der Waals surface area contributed by atoms with Crippen molar-refractivity contribution in [2.75, 3.05) is 0 Å². The van der Waals surface area contributed by atoms with E-state index in [4.69, 9.17) is 0 Å². The van der Waals surface area contributed by atoms with Crippen LogP contribution in [-0.2, 0) is 0 Å². The van der Waals surface area contributed by atoms with E-state index < -0.39 is 0 Å². The van der Waals surface area contributed by atoms with Gasteiger partial charge in [-0.1, -0.05) is 27.7 Å². The highest BCUT2D eigenvalue weighted by Crippen LogP contribution is 2.23. The number of aromatic nitrogens is 3. The summed E-state index contributed by atoms with van der Waals surface area (Å²) in [6.07, 6.45) is 3.94. The molecule has 3 nitrogen and oxygen atoms in total. The fourth-order valence-corrected chi connectivity index (χ4v) is 1.71. The van der Waals surface area contributed by atoms with Crippen molar-refractivity contribution in [3.05, 3.63) is 24.2 Å². The van der Waals surface area contributed by atoms with Gasteiger partial charge in [0.05, 0.1) is 11.2 Å². The van der Waals surface area contributed by atoms with E-state index in [2.05, 4.69) is 44.0 Å². The maximum atomic E-state index is 4.53. The predicted molar refractivity (Wildman–Crippen MR) is 73.4 cm³/mol. The molecule has 0 amide bonds. The SMILES string of the molecule is CC.CC(C)c1nccc2nn(C(C)C)cc12. The molecule has 0 radical (unpaired) electrons. The van der Waals surface area contributed by atoms with Gasteiger partial charge in [0.1, 0.15) is 0 Å². The molecule has 2 heterocycles. The second kappa shape index (κ2) is 5.80. The van der Waals surface area contributed by atoms with Crippen molar-refractivity contribution in [2.45, 2.75) is 53.5 Å². The molecule has 0 saturated heterocycles. The average molecular weight is 233 g/mol. The van der Waals surface area contributed by atoms with E-state index in [0.717, 1.165) is 11.2 Å². The summed E-state index contributed by atoms with van der Waals surface area (Å²) >= 11 is 0. The maximum absolute atomic E-state index is 4.53. The Morgan fingerprint density at radius 2 is 1.76 bits per heavy atom. The second-order valence-corrected chi connectivity index (χ2v) is 4.49. The molecule has 0 atom stereocenters. The Morgan fingerprint density at radius 3 is 2.29 bits per heavy atom. The number of fused-ring (bicyclic) bond motifs is 1. The highest BCUT2D eigenvalue weighted by atomic mass is 15.3. The zero-order valence-corrected chi connectivity index (χ0v) is 11.7. The fourth-order valence-electron chi connectivity index (χ4n) is 1.71. The molecule has 17 heavy (non-hydrogen) atoms. The van der Waals surface area contributed by atoms with Crippen LogP contribution in [0.2, 0.25) is 0 Å². The van der Waals surface area contributed by atoms with Crippen LogP contribution in [0.4, 0.5) is 0 Å². The summed E-state index contributed by atoms with van der Waals surface area (Å²) in [5.74, 6) is 0.443. The molecule has 0 bridgehead atoms. The van der Waals surface area contributed by atoms with E-state index in [1.807, 2.05) is 30.8 Å². The summed E-state index contributed by atoms with van der Waals surface area (Å²) in [6, 6.07) is 2.37. The van der Waals surface area contributed by atoms with Gasteiger partial charge in [-0.15, -0.1) is 0 Å². The number of pyridine rings is 1. The van der Waals surface area contributed by atoms with Gasteiger partial charge in [0.25, 0.3) is 0 Å². The summed E-state index contributed by atoms with van der Waals surface area (Å²) < 4.78 is 2.00. The van der Waals surface area contributed by atoms with Crippen molar-refractivity contribution in [1.29, 1.82) is 0 Å². The summed E-state index contributed by atoms with van der Waals surface area (Å²) in [5.41, 5.74) is 2.18. The van der Waals surface area contributed by atoms with Crippen LogP contribution in [0.25, 0.3) is 10.9 Å². The molecule has 2 aromatic heterocycles. The largest absolute Gasteiger partial charge is 0.269 e. The van der Waals surface area contributed by atoms with E-state index in [1.54, 1.807) is 0 Å². The Kier molecular flexibility index (Phi) is 4.67. The minimum Gasteiger partial charge on any atom is -0.269 e. The fraction of sp³-hybridized carbons (Fsp3) is 0.571. The minimum absolute atomic E-state index is 0.400. The predicted octanol–water partition coefficient (Wildman–Crippen LogP) is 4.16. The summed E-state index contributed by atoms with van der Waals surface area (Å²) in [7, 11) is 0. The van der Waals surface area contributed by atoms with Crippen LogP contribution in [0, 0.1) is 0 Å². The summed E-state index contributed by atoms with van der Waals surface area (Å²) in [5, 5.41) is 5.71. The third-order valence-electron chi connectivity index (χ3n) is 2.56. The van der Waals surface area contributed by atoms with Crippen molar-refractivity contribution in [3.63, 3.8) is 0 Å². The van der Waals surface area contributed by atoms with Crippen LogP contribution in [0.1, 0.15) is 59.2 Å². The summed E-state index contributed by atoms with van der Waals surface area (Å²) in [6.45, 7) is 12.6. The molecular formula is C14H23N3. The number of hydrogen-bond donors (Lipinski definition) is 0. The second-order valence-electron chi connectivity index (χ2n) is 4.49. The molecule has 3 heteroatoms. The number of rotatable bonds is 2. The molecule has 0 aliphatic carbocycles. The lowest BCUT2D eigenvalue weighted by Crippen LogP contribution is -1.99. The smallest absolute Gasteiger partial charge is 0.0957 e. The van der Waals surface area contributed by atoms with Crippen molar-refractivity contribution >= 4 is 10.9 Å². The molecule has 2 aromatic rings. The first-order valence-corrected chi connectivity index (χ1v) is 6.43. The van der Waals surface area contributed by atoms with Crippen LogP contribution < -0.4 is 0 Å². The average Bonchev–Trinajstić information content (AvgIpc) is 2.74. The van der Waals surface area contributed by atoms with Crippen molar-refractivity contribution in [3.8, 4) is 0 Å². The number of nitrogens with zero attached hydrogens (tertiary/aromatic N) is 3. The van der Waals surface area contributed by atoms with Crippen LogP contribution in [-0.4, -0.2) is 14.8 Å². The first kappa shape index (κ1) is 13.7. The van der Waals surface area contributed by atoms with Crippen LogP contribution in [0.5, 0.6) is 0 Å². The van der Waals surface area contributed by atoms with Crippen molar-refractivity contribution < 1.29 is 0 Å². The quantitative estimate of drug-likeness (QED) is 0.779. The molecule has 0 fully saturated rings. The molecule has 0 saturated carbocycles. The Morgan fingerprint density at radius 1 is 1.12 bits per heavy atom. The Labute approximate surface area is 104 Å². The minimum atomic E-state index is 0.400. The lowest BCUT2D eigenvalue weighted by molar-refractivity contribution is 0.537. The zero-order chi connectivity index (χ0) is 13.0. The van der Waals surface area contributed by atoms with Gasteiger partial charge in [-0.25, -0.2) is 0 Å². The van der Waals surface area contributed by atoms with Gasteiger partial charge in [0.15, 0.2) is 0 Å². The standard InChI is InChI=1S/C12H17N3.C2H6/c1-8(2)12-10-7-15(9(3)4)14-11(10)5-6-13-12;1-2/h5-9H,1-4H3;1-2H3. The number of hydrogen-bond acceptors (Lipinski definition) is 2. The highest BCUT2D eigenvalue weighted by molar-refractivity contribution is 5.80. The normalized spacial score (nSPS) is 10.8. The topological polar surface area (TPSA) is 30.7 Å². The summed E-state index contributed by atoms with van der Waals surface area (Å²) in [4.78, 5) is 4.43. The van der Waals surface area contributed by atoms with E-state index in [-0.39, 0.29) is 0 Å². The third kappa shape index (κ3) is 2.84. The lowest BCUT2D eigenvalue weighted by Gasteiger charge is -2.04. The van der Waals surface area contributed by atoms with Gasteiger partial charge in [0.2, 0.25) is 0 Å². The van der Waals surface area contributed by atoms with Gasteiger partial charge in [-0.3, -0.25) is 9.67 Å². The molecule has 0 aliphatic rings. The Hall–Kier alpha value is -1.38. The molecule has 0 spiro atoms. The molecular weight excluding hydrogens is 210 g/mol. The first-order chi connectivity index (χ1) is 8.09. The molecule has 0 aromatic carbocycles. The monoisotopic (exact) mass is 233 g/mol. The molecule has 94 valence electrons. The van der Waals surface area contributed by atoms with E-state index >= 15 is 0 Å². The van der Waals surface area contributed by atoms with Gasteiger partial charge in [-0.2, -0.15) is 5.10 Å². The van der Waals surface area contributed by atoms with Crippen molar-refractivity contribution in [1.82, 2.24) is 14.8 Å². The Balaban J connectivity index is 0.000000686. The molecule has 0 N–H and O–H groups in total. The highest BCUT2D eigenvalue weighted by Gasteiger charge is 2.10. The lowest BCUT2D eigenvalue weighted by atomic mass is 10.1. The zero-order valence-electron chi connectivity index (χ0n) is 11.7. The molecule has 0 aliphatic heterocycles. The van der Waals surface area contributed by atoms with E-state index in [1.165, 1.54) is 5.39 Å². The van der Waals surface area contributed by atoms with Crippen LogP contribution in [0.3, 0.4) is 0 Å². The van der Waals surface area contributed by atoms with Crippen LogP contribution >= 0.6 is 0 Å². The van der Waals surface area contributed by atoms with Gasteiger partial charge in [0, 0.05) is 23.8 Å². The van der Waals surface area contributed by atoms with E-state index in [0.29, 0.717) is 12.0 Å². The van der Waals surface area contributed by atoms with Gasteiger partial charge in [-0.05, 0) is 25.8 Å². The van der Waals surface area contributed by atoms with Crippen LogP contribution in [0.15, 0.2) is 18.5 Å². The van der Waals surface area contributed by atoms with E-state index in [9.17, 15) is 0 Å². The van der Waals surface area contributed by atoms with Gasteiger partial charge < -0.3 is 0 Å². The maximum Gasteiger partial charge on any atom is 0.0957 e.